The van der Waals surface area contributed by atoms with E-state index in [1.165, 1.54) is 5.01 Å². The average molecular weight is 193 g/mol. The van der Waals surface area contributed by atoms with Crippen LogP contribution in [0.25, 0.3) is 0 Å². The van der Waals surface area contributed by atoms with Gasteiger partial charge in [-0.2, -0.15) is 0 Å². The first-order valence-corrected chi connectivity index (χ1v) is 4.47. The second-order valence-corrected chi connectivity index (χ2v) is 2.93. The summed E-state index contributed by atoms with van der Waals surface area (Å²) in [6, 6.07) is 9.65. The lowest BCUT2D eigenvalue weighted by molar-refractivity contribution is 0.193. The summed E-state index contributed by atoms with van der Waals surface area (Å²) in [6.07, 6.45) is 0. The van der Waals surface area contributed by atoms with Crippen LogP contribution in [0.2, 0.25) is 0 Å². The summed E-state index contributed by atoms with van der Waals surface area (Å²) in [5.74, 6) is 0. The van der Waals surface area contributed by atoms with E-state index in [1.54, 1.807) is 14.1 Å². The molecule has 1 aromatic rings. The molecule has 0 heterocycles. The Morgan fingerprint density at radius 2 is 2.00 bits per heavy atom. The van der Waals surface area contributed by atoms with Crippen LogP contribution in [0.5, 0.6) is 0 Å². The van der Waals surface area contributed by atoms with Gasteiger partial charge in [-0.3, -0.25) is 5.01 Å². The smallest absolute Gasteiger partial charge is 0.331 e. The van der Waals surface area contributed by atoms with E-state index in [0.717, 1.165) is 5.56 Å². The Hall–Kier alpha value is -1.55. The summed E-state index contributed by atoms with van der Waals surface area (Å²) in [5.41, 5.74) is 3.81. The standard InChI is InChI=1S/C10H15N3O/c1-11-13(2)10(14)12-8-9-6-4-3-5-7-9/h3-7,11H,8H2,1-2H3,(H,12,14). The highest BCUT2D eigenvalue weighted by Gasteiger charge is 2.04. The van der Waals surface area contributed by atoms with E-state index in [1.807, 2.05) is 30.3 Å². The van der Waals surface area contributed by atoms with Crippen LogP contribution >= 0.6 is 0 Å². The number of benzene rings is 1. The van der Waals surface area contributed by atoms with Crippen LogP contribution in [0.15, 0.2) is 30.3 Å². The molecule has 0 aromatic heterocycles. The molecule has 0 atom stereocenters. The first-order chi connectivity index (χ1) is 6.74. The number of carbonyl (C=O) groups is 1. The van der Waals surface area contributed by atoms with Gasteiger partial charge in [0.1, 0.15) is 0 Å². The first-order valence-electron chi connectivity index (χ1n) is 4.47. The van der Waals surface area contributed by atoms with Crippen LogP contribution in [-0.4, -0.2) is 25.1 Å². The van der Waals surface area contributed by atoms with Gasteiger partial charge < -0.3 is 5.32 Å². The summed E-state index contributed by atoms with van der Waals surface area (Å²) in [4.78, 5) is 11.3. The molecule has 2 amide bonds. The van der Waals surface area contributed by atoms with Crippen LogP contribution in [-0.2, 0) is 6.54 Å². The summed E-state index contributed by atoms with van der Waals surface area (Å²) in [6.45, 7) is 0.547. The first kappa shape index (κ1) is 10.5. The number of amides is 2. The number of hydrogen-bond acceptors (Lipinski definition) is 2. The highest BCUT2D eigenvalue weighted by molar-refractivity contribution is 5.73. The van der Waals surface area contributed by atoms with Crippen molar-refractivity contribution in [3.8, 4) is 0 Å². The second-order valence-electron chi connectivity index (χ2n) is 2.93. The maximum absolute atomic E-state index is 11.3. The van der Waals surface area contributed by atoms with Crippen molar-refractivity contribution < 1.29 is 4.79 Å². The SMILES string of the molecule is CNN(C)C(=O)NCc1ccccc1. The van der Waals surface area contributed by atoms with Crippen molar-refractivity contribution in [2.24, 2.45) is 0 Å². The molecule has 0 saturated carbocycles. The maximum Gasteiger partial charge on any atom is 0.331 e. The van der Waals surface area contributed by atoms with Crippen molar-refractivity contribution in [3.05, 3.63) is 35.9 Å². The molecule has 0 unspecified atom stereocenters. The van der Waals surface area contributed by atoms with Crippen molar-refractivity contribution in [1.29, 1.82) is 0 Å². The zero-order chi connectivity index (χ0) is 10.4. The Kier molecular flexibility index (Phi) is 3.94. The van der Waals surface area contributed by atoms with Crippen LogP contribution in [0.1, 0.15) is 5.56 Å². The lowest BCUT2D eigenvalue weighted by atomic mass is 10.2. The molecule has 0 saturated heterocycles. The summed E-state index contributed by atoms with van der Waals surface area (Å²) >= 11 is 0. The molecule has 4 heteroatoms. The topological polar surface area (TPSA) is 44.4 Å². The van der Waals surface area contributed by atoms with Gasteiger partial charge >= 0.3 is 6.03 Å². The molecule has 4 nitrogen and oxygen atoms in total. The van der Waals surface area contributed by atoms with E-state index in [-0.39, 0.29) is 6.03 Å². The number of nitrogens with one attached hydrogen (secondary N) is 2. The Balaban J connectivity index is 2.38. The van der Waals surface area contributed by atoms with Crippen molar-refractivity contribution in [2.75, 3.05) is 14.1 Å². The molecule has 0 aliphatic carbocycles. The van der Waals surface area contributed by atoms with Crippen LogP contribution in [0, 0.1) is 0 Å². The van der Waals surface area contributed by atoms with Crippen LogP contribution < -0.4 is 10.7 Å². The number of hydrazine groups is 1. The normalized spacial score (nSPS) is 9.57. The minimum Gasteiger partial charge on any atom is -0.333 e. The molecule has 0 radical (unpaired) electrons. The zero-order valence-electron chi connectivity index (χ0n) is 8.45. The Morgan fingerprint density at radius 1 is 1.36 bits per heavy atom. The Morgan fingerprint density at radius 3 is 2.57 bits per heavy atom. The Labute approximate surface area is 83.9 Å². The van der Waals surface area contributed by atoms with Gasteiger partial charge in [0.15, 0.2) is 0 Å². The van der Waals surface area contributed by atoms with Crippen molar-refractivity contribution in [2.45, 2.75) is 6.54 Å². The van der Waals surface area contributed by atoms with Crippen molar-refractivity contribution >= 4 is 6.03 Å². The minimum atomic E-state index is -0.142. The maximum atomic E-state index is 11.3. The molecule has 0 fully saturated rings. The third kappa shape index (κ3) is 3.06. The fourth-order valence-electron chi connectivity index (χ4n) is 0.994. The largest absolute Gasteiger partial charge is 0.333 e. The molecule has 0 spiro atoms. The minimum absolute atomic E-state index is 0.142. The van der Waals surface area contributed by atoms with Gasteiger partial charge in [0.05, 0.1) is 0 Å². The van der Waals surface area contributed by atoms with E-state index in [9.17, 15) is 4.79 Å². The van der Waals surface area contributed by atoms with E-state index >= 15 is 0 Å². The molecule has 2 N–H and O–H groups in total. The fourth-order valence-corrected chi connectivity index (χ4v) is 0.994. The molecule has 0 bridgehead atoms. The highest BCUT2D eigenvalue weighted by atomic mass is 16.2. The number of nitrogens with zero attached hydrogens (tertiary/aromatic N) is 1. The number of rotatable bonds is 3. The second kappa shape index (κ2) is 5.24. The van der Waals surface area contributed by atoms with Crippen molar-refractivity contribution in [3.63, 3.8) is 0 Å². The molecule has 0 aliphatic rings. The summed E-state index contributed by atoms with van der Waals surface area (Å²) in [5, 5.41) is 4.17. The predicted octanol–water partition coefficient (Wildman–Crippen LogP) is 0.962. The Bertz CT molecular complexity index is 287. The highest BCUT2D eigenvalue weighted by Crippen LogP contribution is 1.97. The molecule has 0 aliphatic heterocycles. The van der Waals surface area contributed by atoms with Gasteiger partial charge in [-0.15, -0.1) is 0 Å². The third-order valence-corrected chi connectivity index (χ3v) is 1.93. The van der Waals surface area contributed by atoms with Crippen LogP contribution in [0.4, 0.5) is 4.79 Å². The van der Waals surface area contributed by atoms with E-state index < -0.39 is 0 Å². The molecular formula is C10H15N3O. The van der Waals surface area contributed by atoms with E-state index in [0.29, 0.717) is 6.54 Å². The zero-order valence-corrected chi connectivity index (χ0v) is 8.45. The predicted molar refractivity (Wildman–Crippen MR) is 55.5 cm³/mol. The molecule has 14 heavy (non-hydrogen) atoms. The molecule has 1 rings (SSSR count). The van der Waals surface area contributed by atoms with Crippen molar-refractivity contribution in [1.82, 2.24) is 15.8 Å². The molecule has 76 valence electrons. The number of hydrogen-bond donors (Lipinski definition) is 2. The van der Waals surface area contributed by atoms with Gasteiger partial charge in [0.2, 0.25) is 0 Å². The van der Waals surface area contributed by atoms with Gasteiger partial charge in [-0.05, 0) is 5.56 Å². The van der Waals surface area contributed by atoms with Gasteiger partial charge in [0, 0.05) is 20.6 Å². The molecular weight excluding hydrogens is 178 g/mol. The fraction of sp³-hybridized carbons (Fsp3) is 0.300. The number of urea groups is 1. The number of carbonyl (C=O) groups excluding carboxylic acids is 1. The third-order valence-electron chi connectivity index (χ3n) is 1.93. The summed E-state index contributed by atoms with van der Waals surface area (Å²) < 4.78 is 0. The van der Waals surface area contributed by atoms with E-state index in [2.05, 4.69) is 10.7 Å². The summed E-state index contributed by atoms with van der Waals surface area (Å²) in [7, 11) is 3.36. The quantitative estimate of drug-likeness (QED) is 0.702. The van der Waals surface area contributed by atoms with E-state index in [4.69, 9.17) is 0 Å². The van der Waals surface area contributed by atoms with Gasteiger partial charge in [0.25, 0.3) is 0 Å². The lowest BCUT2D eigenvalue weighted by Gasteiger charge is -2.15. The van der Waals surface area contributed by atoms with Gasteiger partial charge in [-0.25, -0.2) is 10.2 Å². The van der Waals surface area contributed by atoms with Gasteiger partial charge in [-0.1, -0.05) is 30.3 Å². The molecule has 1 aromatic carbocycles. The lowest BCUT2D eigenvalue weighted by Crippen LogP contribution is -2.43. The monoisotopic (exact) mass is 193 g/mol. The average Bonchev–Trinajstić information content (AvgIpc) is 2.26. The van der Waals surface area contributed by atoms with Crippen LogP contribution in [0.3, 0.4) is 0 Å².